The first-order valence-electron chi connectivity index (χ1n) is 10.0. The smallest absolute Gasteiger partial charge is 0.121 e. The van der Waals surface area contributed by atoms with Crippen LogP contribution < -0.4 is 4.74 Å². The van der Waals surface area contributed by atoms with Crippen molar-refractivity contribution in [3.8, 4) is 16.9 Å². The number of nitrogens with zero attached hydrogens (tertiary/aromatic N) is 5. The number of rotatable bonds is 5. The van der Waals surface area contributed by atoms with Crippen molar-refractivity contribution in [2.24, 2.45) is 0 Å². The van der Waals surface area contributed by atoms with Crippen molar-refractivity contribution in [3.63, 3.8) is 0 Å². The zero-order valence-electron chi connectivity index (χ0n) is 16.8. The molecular formula is C23H23N5O2. The van der Waals surface area contributed by atoms with Crippen molar-refractivity contribution in [3.05, 3.63) is 78.4 Å². The van der Waals surface area contributed by atoms with Gasteiger partial charge in [-0.3, -0.25) is 9.88 Å². The summed E-state index contributed by atoms with van der Waals surface area (Å²) < 4.78 is 13.1. The highest BCUT2D eigenvalue weighted by Gasteiger charge is 2.26. The summed E-state index contributed by atoms with van der Waals surface area (Å²) in [6.45, 7) is 3.21. The molecule has 152 valence electrons. The van der Waals surface area contributed by atoms with Crippen LogP contribution >= 0.6 is 0 Å². The molecule has 1 saturated heterocycles. The molecular weight excluding hydrogens is 378 g/mol. The van der Waals surface area contributed by atoms with Crippen LogP contribution in [0.1, 0.15) is 17.4 Å². The average molecular weight is 401 g/mol. The van der Waals surface area contributed by atoms with E-state index in [9.17, 15) is 0 Å². The molecule has 3 aromatic heterocycles. The maximum atomic E-state index is 6.05. The fourth-order valence-electron chi connectivity index (χ4n) is 3.86. The summed E-state index contributed by atoms with van der Waals surface area (Å²) >= 11 is 0. The Hall–Kier alpha value is -3.29. The van der Waals surface area contributed by atoms with E-state index >= 15 is 0 Å². The first kappa shape index (κ1) is 18.7. The first-order valence-corrected chi connectivity index (χ1v) is 10.0. The number of morpholine rings is 1. The lowest BCUT2D eigenvalue weighted by Crippen LogP contribution is -2.38. The first-order chi connectivity index (χ1) is 14.8. The standard InChI is InChI=1S/C23H23N5O2/c1-29-20-7-4-18(5-8-20)19-6-9-21-23(25-26-28(21)15-19)22-16-27(11-12-30-22)14-17-3-2-10-24-13-17/h2-10,13,15,22H,11-12,14,16H2,1H3/t22-/m0/s1. The molecule has 0 radical (unpaired) electrons. The van der Waals surface area contributed by atoms with E-state index in [1.807, 2.05) is 47.2 Å². The second-order valence-corrected chi connectivity index (χ2v) is 7.41. The molecule has 0 aliphatic carbocycles. The summed E-state index contributed by atoms with van der Waals surface area (Å²) in [5, 5.41) is 8.81. The number of fused-ring (bicyclic) bond motifs is 1. The van der Waals surface area contributed by atoms with Gasteiger partial charge in [0.1, 0.15) is 17.5 Å². The van der Waals surface area contributed by atoms with E-state index in [1.54, 1.807) is 13.3 Å². The summed E-state index contributed by atoms with van der Waals surface area (Å²) in [6.07, 6.45) is 5.62. The molecule has 7 nitrogen and oxygen atoms in total. The molecule has 4 heterocycles. The molecule has 4 aromatic rings. The number of hydrogen-bond donors (Lipinski definition) is 0. The Morgan fingerprint density at radius 2 is 1.97 bits per heavy atom. The number of hydrogen-bond acceptors (Lipinski definition) is 6. The second-order valence-electron chi connectivity index (χ2n) is 7.41. The van der Waals surface area contributed by atoms with Crippen LogP contribution in [-0.2, 0) is 11.3 Å². The molecule has 1 aliphatic rings. The maximum absolute atomic E-state index is 6.05. The second kappa shape index (κ2) is 8.22. The Kier molecular flexibility index (Phi) is 5.13. The molecule has 7 heteroatoms. The van der Waals surface area contributed by atoms with Crippen LogP contribution in [0, 0.1) is 0 Å². The molecule has 30 heavy (non-hydrogen) atoms. The number of ether oxygens (including phenoxy) is 2. The SMILES string of the molecule is COc1ccc(-c2ccc3c([C@@H]4CN(Cc5cccnc5)CCO4)nnn3c2)cc1. The van der Waals surface area contributed by atoms with Gasteiger partial charge in [0.2, 0.25) is 0 Å². The summed E-state index contributed by atoms with van der Waals surface area (Å²) in [4.78, 5) is 6.59. The van der Waals surface area contributed by atoms with Gasteiger partial charge in [-0.2, -0.15) is 0 Å². The topological polar surface area (TPSA) is 64.8 Å². The van der Waals surface area contributed by atoms with E-state index in [0.717, 1.165) is 47.7 Å². The maximum Gasteiger partial charge on any atom is 0.121 e. The minimum atomic E-state index is -0.0974. The summed E-state index contributed by atoms with van der Waals surface area (Å²) in [5.41, 5.74) is 5.23. The normalized spacial score (nSPS) is 17.3. The van der Waals surface area contributed by atoms with Crippen LogP contribution in [0.15, 0.2) is 67.1 Å². The van der Waals surface area contributed by atoms with Crippen molar-refractivity contribution in [1.29, 1.82) is 0 Å². The minimum Gasteiger partial charge on any atom is -0.497 e. The van der Waals surface area contributed by atoms with E-state index in [-0.39, 0.29) is 6.10 Å². The third kappa shape index (κ3) is 3.77. The average Bonchev–Trinajstić information content (AvgIpc) is 3.23. The molecule has 0 spiro atoms. The van der Waals surface area contributed by atoms with E-state index in [1.165, 1.54) is 5.56 Å². The van der Waals surface area contributed by atoms with Gasteiger partial charge in [-0.25, -0.2) is 4.52 Å². The van der Waals surface area contributed by atoms with Gasteiger partial charge in [-0.1, -0.05) is 29.5 Å². The van der Waals surface area contributed by atoms with Gasteiger partial charge in [0.15, 0.2) is 0 Å². The van der Waals surface area contributed by atoms with Crippen LogP contribution in [0.5, 0.6) is 5.75 Å². The molecule has 1 fully saturated rings. The molecule has 0 amide bonds. The number of aromatic nitrogens is 4. The van der Waals surface area contributed by atoms with E-state index in [2.05, 4.69) is 38.4 Å². The molecule has 5 rings (SSSR count). The largest absolute Gasteiger partial charge is 0.497 e. The summed E-state index contributed by atoms with van der Waals surface area (Å²) in [6, 6.07) is 16.2. The Balaban J connectivity index is 1.36. The Morgan fingerprint density at radius 3 is 2.77 bits per heavy atom. The highest BCUT2D eigenvalue weighted by molar-refractivity contribution is 5.66. The Morgan fingerprint density at radius 1 is 1.10 bits per heavy atom. The molecule has 0 bridgehead atoms. The molecule has 0 unspecified atom stereocenters. The Bertz CT molecular complexity index is 1130. The van der Waals surface area contributed by atoms with Gasteiger partial charge in [-0.15, -0.1) is 5.10 Å². The lowest BCUT2D eigenvalue weighted by molar-refractivity contribution is -0.0343. The van der Waals surface area contributed by atoms with Crippen LogP contribution in [-0.4, -0.2) is 51.5 Å². The third-order valence-electron chi connectivity index (χ3n) is 5.45. The summed E-state index contributed by atoms with van der Waals surface area (Å²) in [5.74, 6) is 0.841. The van der Waals surface area contributed by atoms with Gasteiger partial charge in [0.25, 0.3) is 0 Å². The molecule has 1 aromatic carbocycles. The van der Waals surface area contributed by atoms with E-state index in [4.69, 9.17) is 9.47 Å². The molecule has 0 N–H and O–H groups in total. The molecule has 1 aliphatic heterocycles. The fourth-order valence-corrected chi connectivity index (χ4v) is 3.86. The highest BCUT2D eigenvalue weighted by atomic mass is 16.5. The van der Waals surface area contributed by atoms with Crippen LogP contribution in [0.3, 0.4) is 0 Å². The monoisotopic (exact) mass is 401 g/mol. The zero-order valence-corrected chi connectivity index (χ0v) is 16.8. The highest BCUT2D eigenvalue weighted by Crippen LogP contribution is 2.28. The van der Waals surface area contributed by atoms with Crippen molar-refractivity contribution in [2.75, 3.05) is 26.8 Å². The van der Waals surface area contributed by atoms with Gasteiger partial charge in [-0.05, 0) is 35.4 Å². The van der Waals surface area contributed by atoms with Crippen molar-refractivity contribution < 1.29 is 9.47 Å². The quantitative estimate of drug-likeness (QED) is 0.511. The third-order valence-corrected chi connectivity index (χ3v) is 5.45. The molecule has 0 saturated carbocycles. The van der Waals surface area contributed by atoms with Crippen molar-refractivity contribution in [2.45, 2.75) is 12.6 Å². The van der Waals surface area contributed by atoms with Gasteiger partial charge >= 0.3 is 0 Å². The van der Waals surface area contributed by atoms with E-state index in [0.29, 0.717) is 6.61 Å². The van der Waals surface area contributed by atoms with E-state index < -0.39 is 0 Å². The van der Waals surface area contributed by atoms with Crippen molar-refractivity contribution in [1.82, 2.24) is 24.7 Å². The summed E-state index contributed by atoms with van der Waals surface area (Å²) in [7, 11) is 1.67. The number of pyridine rings is 2. The number of methoxy groups -OCH3 is 1. The Labute approximate surface area is 174 Å². The lowest BCUT2D eigenvalue weighted by Gasteiger charge is -2.32. The van der Waals surface area contributed by atoms with Gasteiger partial charge in [0.05, 0.1) is 19.2 Å². The predicted molar refractivity (Wildman–Crippen MR) is 113 cm³/mol. The minimum absolute atomic E-state index is 0.0974. The van der Waals surface area contributed by atoms with Crippen LogP contribution in [0.2, 0.25) is 0 Å². The lowest BCUT2D eigenvalue weighted by atomic mass is 10.1. The van der Waals surface area contributed by atoms with Gasteiger partial charge in [0, 0.05) is 43.8 Å². The van der Waals surface area contributed by atoms with Crippen LogP contribution in [0.25, 0.3) is 16.6 Å². The predicted octanol–water partition coefficient (Wildman–Crippen LogP) is 3.37. The van der Waals surface area contributed by atoms with Crippen LogP contribution in [0.4, 0.5) is 0 Å². The fraction of sp³-hybridized carbons (Fsp3) is 0.261. The number of benzene rings is 1. The van der Waals surface area contributed by atoms with Gasteiger partial charge < -0.3 is 9.47 Å². The zero-order chi connectivity index (χ0) is 20.3. The molecule has 1 atom stereocenters. The van der Waals surface area contributed by atoms with Crippen molar-refractivity contribution >= 4 is 5.52 Å².